The Bertz CT molecular complexity index is 452. The van der Waals surface area contributed by atoms with Gasteiger partial charge in [0.15, 0.2) is 0 Å². The number of para-hydroxylation sites is 1. The molecule has 0 radical (unpaired) electrons. The predicted octanol–water partition coefficient (Wildman–Crippen LogP) is -2.44. The van der Waals surface area contributed by atoms with Crippen LogP contribution in [-0.4, -0.2) is 4.98 Å². The van der Waals surface area contributed by atoms with E-state index in [1.54, 1.807) is 24.4 Å². The molecule has 1 heterocycles. The predicted molar refractivity (Wildman–Crippen MR) is 49.3 cm³/mol. The van der Waals surface area contributed by atoms with Crippen molar-refractivity contribution in [2.45, 2.75) is 0 Å². The van der Waals surface area contributed by atoms with E-state index < -0.39 is 8.60 Å². The van der Waals surface area contributed by atoms with E-state index in [1.165, 1.54) is 0 Å². The number of nitrogens with zero attached hydrogens (tertiary/aromatic N) is 1. The molecule has 0 N–H and O–H groups in total. The zero-order valence-electron chi connectivity index (χ0n) is 8.38. The van der Waals surface area contributed by atoms with E-state index in [9.17, 15) is 9.79 Å². The molecule has 0 aliphatic rings. The zero-order chi connectivity index (χ0) is 9.97. The topological polar surface area (TPSA) is 68.2 Å². The minimum Gasteiger partial charge on any atom is -0.810 e. The van der Waals surface area contributed by atoms with Gasteiger partial charge in [-0.2, -0.15) is 0 Å². The first-order valence-corrected chi connectivity index (χ1v) is 5.03. The number of fused-ring (bicyclic) bond motifs is 1. The second-order valence-corrected chi connectivity index (χ2v) is 3.28. The first-order valence-electron chi connectivity index (χ1n) is 3.93. The minimum absolute atomic E-state index is 0. The summed E-state index contributed by atoms with van der Waals surface area (Å²) in [6.07, 6.45) is 1.59. The van der Waals surface area contributed by atoms with Crippen molar-refractivity contribution in [3.05, 3.63) is 36.5 Å². The fourth-order valence-electron chi connectivity index (χ4n) is 1.23. The molecule has 0 amide bonds. The number of hydrogen-bond donors (Lipinski definition) is 0. The Balaban J connectivity index is 0.00000112. The summed E-state index contributed by atoms with van der Waals surface area (Å²) in [5, 5.41) is 0.849. The van der Waals surface area contributed by atoms with Crippen molar-refractivity contribution in [1.29, 1.82) is 0 Å². The Labute approximate surface area is 127 Å². The van der Waals surface area contributed by atoms with Gasteiger partial charge in [0.25, 0.3) is 0 Å². The summed E-state index contributed by atoms with van der Waals surface area (Å²) >= 11 is 0. The zero-order valence-corrected chi connectivity index (χ0v) is 12.2. The number of pyridine rings is 1. The fourth-order valence-corrected chi connectivity index (χ4v) is 1.54. The monoisotopic (exact) mass is 293 g/mol. The van der Waals surface area contributed by atoms with Crippen LogP contribution in [0.5, 0.6) is 5.75 Å². The van der Waals surface area contributed by atoms with Crippen molar-refractivity contribution in [1.82, 2.24) is 4.98 Å². The maximum Gasteiger partial charge on any atom is 1.00 e. The van der Waals surface area contributed by atoms with E-state index in [0.717, 1.165) is 5.39 Å². The van der Waals surface area contributed by atoms with Crippen molar-refractivity contribution >= 4 is 19.5 Å². The van der Waals surface area contributed by atoms with E-state index in [2.05, 4.69) is 9.51 Å². The van der Waals surface area contributed by atoms with Crippen LogP contribution < -0.4 is 43.9 Å². The Kier molecular flexibility index (Phi) is 7.73. The van der Waals surface area contributed by atoms with Crippen LogP contribution >= 0.6 is 8.60 Å². The van der Waals surface area contributed by atoms with Crippen molar-refractivity contribution < 1.29 is 60.9 Å². The molecule has 0 spiro atoms. The van der Waals surface area contributed by atoms with Crippen LogP contribution in [0.2, 0.25) is 0 Å². The number of aromatic nitrogens is 1. The molecule has 1 aromatic heterocycles. The Morgan fingerprint density at radius 2 is 1.81 bits per heavy atom. The van der Waals surface area contributed by atoms with Crippen molar-refractivity contribution in [2.24, 2.45) is 0 Å². The van der Waals surface area contributed by atoms with Gasteiger partial charge in [0.1, 0.15) is 11.3 Å². The Morgan fingerprint density at radius 1 is 1.12 bits per heavy atom. The summed E-state index contributed by atoms with van der Waals surface area (Å²) in [6.45, 7) is 0. The quantitative estimate of drug-likeness (QED) is 0.456. The van der Waals surface area contributed by atoms with Gasteiger partial charge in [0.2, 0.25) is 0 Å². The Hall–Kier alpha value is 0.299. The van der Waals surface area contributed by atoms with Crippen LogP contribution in [0.4, 0.5) is 0 Å². The summed E-state index contributed by atoms with van der Waals surface area (Å²) in [4.78, 5) is 24.8. The van der Waals surface area contributed by atoms with Crippen molar-refractivity contribution in [2.75, 3.05) is 0 Å². The molecule has 0 saturated carbocycles. The maximum atomic E-state index is 10.4. The van der Waals surface area contributed by atoms with E-state index in [1.807, 2.05) is 12.1 Å². The number of rotatable bonds is 2. The molecule has 2 rings (SSSR count). The molecule has 1 aromatic carbocycles. The first kappa shape index (κ1) is 16.3. The fraction of sp³-hybridized carbons (Fsp3) is 0. The van der Waals surface area contributed by atoms with Crippen LogP contribution in [0, 0.1) is 0 Å². The van der Waals surface area contributed by atoms with Gasteiger partial charge < -0.3 is 14.3 Å². The van der Waals surface area contributed by atoms with Crippen LogP contribution in [0.3, 0.4) is 0 Å². The number of benzene rings is 1. The van der Waals surface area contributed by atoms with Gasteiger partial charge >= 0.3 is 46.6 Å². The van der Waals surface area contributed by atoms with Gasteiger partial charge in [-0.15, -0.1) is 0 Å². The summed E-state index contributed by atoms with van der Waals surface area (Å²) in [5.74, 6) is 0.263. The molecule has 7 heteroatoms. The molecular weight excluding hydrogens is 288 g/mol. The van der Waals surface area contributed by atoms with Crippen molar-refractivity contribution in [3.63, 3.8) is 0 Å². The maximum absolute atomic E-state index is 10.4. The third-order valence-electron chi connectivity index (χ3n) is 1.77. The molecule has 0 aliphatic heterocycles. The van der Waals surface area contributed by atoms with Crippen LogP contribution in [0.1, 0.15) is 0 Å². The summed E-state index contributed by atoms with van der Waals surface area (Å²) in [5.41, 5.74) is 0.550. The second-order valence-electron chi connectivity index (χ2n) is 2.65. The molecule has 82 valence electrons. The standard InChI is InChI=1S/C9H6NO3P.Cu.Na/c11-14(12)13-8-5-1-3-7-4-2-6-10-9(7)8;;/h1-6H;;/q-2;2*+1. The van der Waals surface area contributed by atoms with Gasteiger partial charge in [0.05, 0.1) is 0 Å². The normalized spacial score (nSPS) is 9.44. The molecule has 2 aromatic rings. The van der Waals surface area contributed by atoms with Gasteiger partial charge in [-0.05, 0) is 12.1 Å². The van der Waals surface area contributed by atoms with E-state index >= 15 is 0 Å². The average molecular weight is 294 g/mol. The first-order chi connectivity index (χ1) is 6.77. The summed E-state index contributed by atoms with van der Waals surface area (Å²) in [6, 6.07) is 8.75. The number of hydrogen-bond acceptors (Lipinski definition) is 4. The molecular formula is C9H6CuNNaO3P. The van der Waals surface area contributed by atoms with Gasteiger partial charge in [-0.25, -0.2) is 0 Å². The average Bonchev–Trinajstić information content (AvgIpc) is 2.18. The molecule has 0 fully saturated rings. The second kappa shape index (κ2) is 7.59. The minimum atomic E-state index is -2.89. The van der Waals surface area contributed by atoms with E-state index in [0.29, 0.717) is 5.52 Å². The molecule has 0 unspecified atom stereocenters. The molecule has 0 atom stereocenters. The molecule has 0 bridgehead atoms. The van der Waals surface area contributed by atoms with Crippen LogP contribution in [0.25, 0.3) is 10.9 Å². The van der Waals surface area contributed by atoms with E-state index in [4.69, 9.17) is 0 Å². The molecule has 16 heavy (non-hydrogen) atoms. The molecule has 4 nitrogen and oxygen atoms in total. The largest absolute Gasteiger partial charge is 1.00 e. The Morgan fingerprint density at radius 3 is 2.50 bits per heavy atom. The molecule has 0 aliphatic carbocycles. The SMILES string of the molecule is [Cu+].[Na+].[O-]P([O-])Oc1cccc2cccnc12. The smallest absolute Gasteiger partial charge is 0.810 e. The summed E-state index contributed by atoms with van der Waals surface area (Å²) in [7, 11) is -2.89. The third-order valence-corrected chi connectivity index (χ3v) is 2.11. The van der Waals surface area contributed by atoms with Crippen LogP contribution in [-0.2, 0) is 17.1 Å². The van der Waals surface area contributed by atoms with E-state index in [-0.39, 0.29) is 52.4 Å². The molecule has 0 saturated heterocycles. The van der Waals surface area contributed by atoms with Crippen molar-refractivity contribution in [3.8, 4) is 5.75 Å². The van der Waals surface area contributed by atoms with Gasteiger partial charge in [0, 0.05) is 11.6 Å². The summed E-state index contributed by atoms with van der Waals surface area (Å²) < 4.78 is 4.62. The third kappa shape index (κ3) is 3.95. The van der Waals surface area contributed by atoms with Gasteiger partial charge in [-0.3, -0.25) is 4.98 Å². The van der Waals surface area contributed by atoms with Crippen LogP contribution in [0.15, 0.2) is 36.5 Å². The van der Waals surface area contributed by atoms with Gasteiger partial charge in [-0.1, -0.05) is 26.8 Å².